The van der Waals surface area contributed by atoms with Crippen molar-refractivity contribution in [3.63, 3.8) is 0 Å². The lowest BCUT2D eigenvalue weighted by atomic mass is 10.2. The Morgan fingerprint density at radius 2 is 2.03 bits per heavy atom. The highest BCUT2D eigenvalue weighted by atomic mass is 32.2. The molecule has 0 unspecified atom stereocenters. The number of benzene rings is 1. The minimum absolute atomic E-state index is 0.181. The lowest BCUT2D eigenvalue weighted by molar-refractivity contribution is -0.129. The molecule has 2 heterocycles. The van der Waals surface area contributed by atoms with E-state index in [1.165, 1.54) is 0 Å². The number of thioether (sulfide) groups is 1. The number of amides is 1. The van der Waals surface area contributed by atoms with E-state index >= 15 is 0 Å². The number of carbonyl (C=O) groups is 1. The van der Waals surface area contributed by atoms with Crippen LogP contribution in [0, 0.1) is 13.8 Å². The predicted octanol–water partition coefficient (Wildman–Crippen LogP) is 3.97. The summed E-state index contributed by atoms with van der Waals surface area (Å²) in [6, 6.07) is 8.35. The normalized spacial score (nSPS) is 18.6. The molecule has 2 aliphatic rings. The lowest BCUT2D eigenvalue weighted by Gasteiger charge is -2.23. The van der Waals surface area contributed by atoms with E-state index in [9.17, 15) is 4.79 Å². The first-order valence-corrected chi connectivity index (χ1v) is 11.7. The van der Waals surface area contributed by atoms with Crippen molar-refractivity contribution < 1.29 is 14.3 Å². The van der Waals surface area contributed by atoms with Gasteiger partial charge in [-0.3, -0.25) is 4.79 Å². The summed E-state index contributed by atoms with van der Waals surface area (Å²) in [6.45, 7) is 6.45. The van der Waals surface area contributed by atoms with Gasteiger partial charge in [0.1, 0.15) is 5.75 Å². The third kappa shape index (κ3) is 5.01. The van der Waals surface area contributed by atoms with Crippen LogP contribution in [0.15, 0.2) is 29.4 Å². The Balaban J connectivity index is 1.40. The molecule has 1 aromatic carbocycles. The number of carbonyl (C=O) groups excluding carboxylic acids is 1. The second-order valence-electron chi connectivity index (χ2n) is 8.20. The molecule has 1 aliphatic carbocycles. The fourth-order valence-electron chi connectivity index (χ4n) is 3.88. The summed E-state index contributed by atoms with van der Waals surface area (Å²) in [5, 5.41) is 0.925. The molecule has 30 heavy (non-hydrogen) atoms. The number of nitrogens with zero attached hydrogens (tertiary/aromatic N) is 3. The summed E-state index contributed by atoms with van der Waals surface area (Å²) in [7, 11) is 1.67. The van der Waals surface area contributed by atoms with Gasteiger partial charge in [-0.15, -0.1) is 0 Å². The average molecular weight is 430 g/mol. The van der Waals surface area contributed by atoms with Crippen molar-refractivity contribution in [1.82, 2.24) is 14.5 Å². The zero-order chi connectivity index (χ0) is 21.1. The Kier molecular flexibility index (Phi) is 6.68. The van der Waals surface area contributed by atoms with Crippen molar-refractivity contribution >= 4 is 17.7 Å². The summed E-state index contributed by atoms with van der Waals surface area (Å²) in [5.41, 5.74) is 3.32. The average Bonchev–Trinajstić information content (AvgIpc) is 3.40. The zero-order valence-electron chi connectivity index (χ0n) is 18.1. The van der Waals surface area contributed by atoms with Crippen LogP contribution in [0.2, 0.25) is 0 Å². The maximum atomic E-state index is 13.1. The molecule has 1 amide bonds. The molecule has 162 valence electrons. The van der Waals surface area contributed by atoms with Crippen molar-refractivity contribution in [3.05, 3.63) is 41.2 Å². The van der Waals surface area contributed by atoms with Gasteiger partial charge in [0.05, 0.1) is 31.2 Å². The van der Waals surface area contributed by atoms with Gasteiger partial charge in [0, 0.05) is 24.9 Å². The van der Waals surface area contributed by atoms with E-state index in [-0.39, 0.29) is 12.0 Å². The number of rotatable bonds is 9. The fraction of sp³-hybridized carbons (Fsp3) is 0.565. The van der Waals surface area contributed by atoms with Crippen molar-refractivity contribution in [1.29, 1.82) is 0 Å². The first-order valence-electron chi connectivity index (χ1n) is 10.8. The number of imidazole rings is 1. The maximum absolute atomic E-state index is 13.1. The second kappa shape index (κ2) is 9.43. The highest BCUT2D eigenvalue weighted by molar-refractivity contribution is 7.99. The number of aryl methyl sites for hydroxylation is 1. The van der Waals surface area contributed by atoms with E-state index in [2.05, 4.69) is 11.5 Å². The SMILES string of the molecule is COc1ccc(CN(C(=O)CSc2nc(C)c(C)n2C[C@@H]2CCCO2)C2CC2)cc1. The van der Waals surface area contributed by atoms with E-state index in [1.807, 2.05) is 36.1 Å². The lowest BCUT2D eigenvalue weighted by Crippen LogP contribution is -2.34. The Bertz CT molecular complexity index is 871. The number of ether oxygens (including phenoxy) is 2. The molecule has 1 saturated heterocycles. The number of methoxy groups -OCH3 is 1. The van der Waals surface area contributed by atoms with Crippen molar-refractivity contribution in [3.8, 4) is 5.75 Å². The van der Waals surface area contributed by atoms with E-state index < -0.39 is 0 Å². The highest BCUT2D eigenvalue weighted by Gasteiger charge is 2.32. The predicted molar refractivity (Wildman–Crippen MR) is 118 cm³/mol. The highest BCUT2D eigenvalue weighted by Crippen LogP contribution is 2.31. The number of aromatic nitrogens is 2. The van der Waals surface area contributed by atoms with E-state index in [0.717, 1.165) is 66.7 Å². The fourth-order valence-corrected chi connectivity index (χ4v) is 4.87. The van der Waals surface area contributed by atoms with Crippen LogP contribution in [-0.2, 0) is 22.6 Å². The Morgan fingerprint density at radius 3 is 2.67 bits per heavy atom. The van der Waals surface area contributed by atoms with Crippen LogP contribution < -0.4 is 4.74 Å². The molecule has 0 bridgehead atoms. The second-order valence-corrected chi connectivity index (χ2v) is 9.14. The first kappa shape index (κ1) is 21.2. The largest absolute Gasteiger partial charge is 0.497 e. The van der Waals surface area contributed by atoms with Gasteiger partial charge in [-0.2, -0.15) is 0 Å². The van der Waals surface area contributed by atoms with Gasteiger partial charge in [-0.25, -0.2) is 4.98 Å². The minimum Gasteiger partial charge on any atom is -0.497 e. The third-order valence-corrected chi connectivity index (χ3v) is 6.94. The summed E-state index contributed by atoms with van der Waals surface area (Å²) in [4.78, 5) is 19.9. The molecule has 6 nitrogen and oxygen atoms in total. The van der Waals surface area contributed by atoms with Crippen LogP contribution in [0.4, 0.5) is 0 Å². The van der Waals surface area contributed by atoms with Crippen molar-refractivity contribution in [2.75, 3.05) is 19.5 Å². The zero-order valence-corrected chi connectivity index (χ0v) is 18.9. The van der Waals surface area contributed by atoms with E-state index in [0.29, 0.717) is 18.3 Å². The van der Waals surface area contributed by atoms with Crippen LogP contribution >= 0.6 is 11.8 Å². The van der Waals surface area contributed by atoms with Gasteiger partial charge < -0.3 is 18.9 Å². The van der Waals surface area contributed by atoms with Gasteiger partial charge in [0.2, 0.25) is 5.91 Å². The molecule has 4 rings (SSSR count). The molecule has 7 heteroatoms. The molecule has 0 N–H and O–H groups in total. The molecule has 1 aliphatic heterocycles. The summed E-state index contributed by atoms with van der Waals surface area (Å²) < 4.78 is 13.3. The van der Waals surface area contributed by atoms with Crippen molar-refractivity contribution in [2.24, 2.45) is 0 Å². The van der Waals surface area contributed by atoms with Crippen LogP contribution in [0.3, 0.4) is 0 Å². The van der Waals surface area contributed by atoms with E-state index in [4.69, 9.17) is 14.5 Å². The Hall–Kier alpha value is -1.99. The van der Waals surface area contributed by atoms with Gasteiger partial charge in [-0.05, 0) is 57.2 Å². The molecular weight excluding hydrogens is 398 g/mol. The van der Waals surface area contributed by atoms with E-state index in [1.54, 1.807) is 18.9 Å². The first-order chi connectivity index (χ1) is 14.5. The van der Waals surface area contributed by atoms with Gasteiger partial charge in [0.25, 0.3) is 0 Å². The standard InChI is InChI=1S/C23H31N3O3S/c1-16-17(2)25(14-21-5-4-12-29-21)23(24-16)30-15-22(27)26(19-8-9-19)13-18-6-10-20(28-3)11-7-18/h6-7,10-11,19,21H,4-5,8-9,12-15H2,1-3H3/t21-/m0/s1. The topological polar surface area (TPSA) is 56.6 Å². The van der Waals surface area contributed by atoms with Crippen molar-refractivity contribution in [2.45, 2.75) is 69.9 Å². The smallest absolute Gasteiger partial charge is 0.233 e. The Labute approximate surface area is 182 Å². The maximum Gasteiger partial charge on any atom is 0.233 e. The monoisotopic (exact) mass is 429 g/mol. The molecule has 0 radical (unpaired) electrons. The molecule has 2 aromatic rings. The molecule has 0 spiro atoms. The molecule has 1 saturated carbocycles. The number of hydrogen-bond donors (Lipinski definition) is 0. The molecular formula is C23H31N3O3S. The summed E-state index contributed by atoms with van der Waals surface area (Å²) >= 11 is 1.55. The molecule has 2 fully saturated rings. The van der Waals surface area contributed by atoms with Crippen LogP contribution in [0.25, 0.3) is 0 Å². The molecule has 1 atom stereocenters. The van der Waals surface area contributed by atoms with Crippen LogP contribution in [-0.4, -0.2) is 52.0 Å². The Morgan fingerprint density at radius 1 is 1.27 bits per heavy atom. The van der Waals surface area contributed by atoms with Gasteiger partial charge >= 0.3 is 0 Å². The summed E-state index contributed by atoms with van der Waals surface area (Å²) in [5.74, 6) is 1.43. The van der Waals surface area contributed by atoms with Gasteiger partial charge in [-0.1, -0.05) is 23.9 Å². The molecule has 1 aromatic heterocycles. The quantitative estimate of drug-likeness (QED) is 0.565. The minimum atomic E-state index is 0.181. The third-order valence-electron chi connectivity index (χ3n) is 5.98. The van der Waals surface area contributed by atoms with Crippen LogP contribution in [0.1, 0.15) is 42.6 Å². The van der Waals surface area contributed by atoms with Gasteiger partial charge in [0.15, 0.2) is 5.16 Å². The summed E-state index contributed by atoms with van der Waals surface area (Å²) in [6.07, 6.45) is 4.67. The van der Waals surface area contributed by atoms with Crippen LogP contribution in [0.5, 0.6) is 5.75 Å². The number of hydrogen-bond acceptors (Lipinski definition) is 5.